The number of hydrogen-bond donors (Lipinski definition) is 1. The summed E-state index contributed by atoms with van der Waals surface area (Å²) < 4.78 is 49.6. The van der Waals surface area contributed by atoms with Crippen LogP contribution in [0, 0.1) is 5.41 Å². The lowest BCUT2D eigenvalue weighted by Gasteiger charge is -2.35. The van der Waals surface area contributed by atoms with E-state index >= 15 is 0 Å². The normalized spacial score (nSPS) is 21.7. The standard InChI is InChI=1S/C26H25F3N2O4/c1-24(2)13-19-21(20(32)14-24)25(26(27,28)29,23(34)31(19)15-16-8-5-4-6-9-16)30-22(33)17-10-7-11-18(12-17)35-3/h4-12H,13-15H2,1-3H3,(H,30,33)/t25-/m0/s1. The number of allylic oxidation sites excluding steroid dienone is 1. The number of alkyl halides is 3. The van der Waals surface area contributed by atoms with Gasteiger partial charge in [-0.25, -0.2) is 0 Å². The van der Waals surface area contributed by atoms with Crippen LogP contribution < -0.4 is 10.1 Å². The highest BCUT2D eigenvalue weighted by atomic mass is 19.4. The van der Waals surface area contributed by atoms with Crippen molar-refractivity contribution in [3.05, 3.63) is 77.0 Å². The Bertz CT molecular complexity index is 1220. The molecule has 0 unspecified atom stereocenters. The van der Waals surface area contributed by atoms with Crippen molar-refractivity contribution >= 4 is 17.6 Å². The quantitative estimate of drug-likeness (QED) is 0.679. The molecular weight excluding hydrogens is 461 g/mol. The third-order valence-corrected chi connectivity index (χ3v) is 6.36. The highest BCUT2D eigenvalue weighted by molar-refractivity contribution is 6.14. The molecule has 1 aliphatic carbocycles. The zero-order chi connectivity index (χ0) is 25.6. The van der Waals surface area contributed by atoms with Gasteiger partial charge in [-0.2, -0.15) is 13.2 Å². The van der Waals surface area contributed by atoms with E-state index in [1.54, 1.807) is 44.2 Å². The van der Waals surface area contributed by atoms with Gasteiger partial charge in [0.25, 0.3) is 11.8 Å². The van der Waals surface area contributed by atoms with Gasteiger partial charge in [0, 0.05) is 17.7 Å². The van der Waals surface area contributed by atoms with Crippen molar-refractivity contribution in [2.45, 2.75) is 44.9 Å². The maximum Gasteiger partial charge on any atom is 0.425 e. The van der Waals surface area contributed by atoms with E-state index in [9.17, 15) is 27.6 Å². The lowest BCUT2D eigenvalue weighted by molar-refractivity contribution is -0.190. The summed E-state index contributed by atoms with van der Waals surface area (Å²) in [7, 11) is 1.36. The Labute approximate surface area is 200 Å². The van der Waals surface area contributed by atoms with Crippen molar-refractivity contribution in [1.29, 1.82) is 0 Å². The number of Topliss-reactive ketones (excluding diaryl/α,β-unsaturated/α-hetero) is 1. The second kappa shape index (κ2) is 8.55. The molecule has 0 fully saturated rings. The molecule has 6 nitrogen and oxygen atoms in total. The topological polar surface area (TPSA) is 75.7 Å². The van der Waals surface area contributed by atoms with Crippen LogP contribution in [-0.4, -0.2) is 41.3 Å². The van der Waals surface area contributed by atoms with Crippen LogP contribution in [0.2, 0.25) is 0 Å². The molecule has 2 aromatic rings. The molecule has 0 aromatic heterocycles. The van der Waals surface area contributed by atoms with Crippen molar-refractivity contribution in [1.82, 2.24) is 10.2 Å². The second-order valence-corrected chi connectivity index (χ2v) is 9.57. The first kappa shape index (κ1) is 24.5. The molecular formula is C26H25F3N2O4. The lowest BCUT2D eigenvalue weighted by atomic mass is 9.72. The zero-order valence-electron chi connectivity index (χ0n) is 19.5. The van der Waals surface area contributed by atoms with Gasteiger partial charge >= 0.3 is 6.18 Å². The Hall–Kier alpha value is -3.62. The van der Waals surface area contributed by atoms with Gasteiger partial charge in [-0.1, -0.05) is 50.2 Å². The first-order valence-corrected chi connectivity index (χ1v) is 11.1. The smallest absolute Gasteiger partial charge is 0.425 e. The van der Waals surface area contributed by atoms with Crippen LogP contribution in [0.3, 0.4) is 0 Å². The minimum Gasteiger partial charge on any atom is -0.497 e. The van der Waals surface area contributed by atoms with E-state index in [0.29, 0.717) is 5.56 Å². The number of ketones is 1. The van der Waals surface area contributed by atoms with Gasteiger partial charge in [0.2, 0.25) is 5.54 Å². The van der Waals surface area contributed by atoms with E-state index in [1.807, 2.05) is 5.32 Å². The number of ether oxygens (including phenoxy) is 1. The van der Waals surface area contributed by atoms with E-state index in [-0.39, 0.29) is 36.4 Å². The molecule has 0 radical (unpaired) electrons. The van der Waals surface area contributed by atoms with E-state index in [0.717, 1.165) is 4.90 Å². The van der Waals surface area contributed by atoms with Gasteiger partial charge in [-0.3, -0.25) is 14.4 Å². The molecule has 0 saturated heterocycles. The second-order valence-electron chi connectivity index (χ2n) is 9.57. The summed E-state index contributed by atoms with van der Waals surface area (Å²) in [6.07, 6.45) is -5.35. The molecule has 4 rings (SSSR count). The SMILES string of the molecule is COc1cccc(C(=O)N[C@]2(C(F)(F)F)C(=O)N(Cc3ccccc3)C3=C2C(=O)CC(C)(C)C3)c1. The van der Waals surface area contributed by atoms with Crippen LogP contribution in [0.25, 0.3) is 0 Å². The number of hydrogen-bond acceptors (Lipinski definition) is 4. The number of halogens is 3. The molecule has 1 aliphatic heterocycles. The highest BCUT2D eigenvalue weighted by Gasteiger charge is 2.71. The van der Waals surface area contributed by atoms with Gasteiger partial charge < -0.3 is 15.0 Å². The molecule has 0 saturated carbocycles. The highest BCUT2D eigenvalue weighted by Crippen LogP contribution is 2.52. The third-order valence-electron chi connectivity index (χ3n) is 6.36. The Morgan fingerprint density at radius 1 is 1.06 bits per heavy atom. The molecule has 0 spiro atoms. The van der Waals surface area contributed by atoms with Crippen LogP contribution in [0.5, 0.6) is 5.75 Å². The third kappa shape index (κ3) is 4.19. The number of amides is 2. The predicted molar refractivity (Wildman–Crippen MR) is 121 cm³/mol. The van der Waals surface area contributed by atoms with Crippen molar-refractivity contribution in [3.63, 3.8) is 0 Å². The maximum atomic E-state index is 14.9. The summed E-state index contributed by atoms with van der Waals surface area (Å²) in [6.45, 7) is 3.37. The predicted octanol–water partition coefficient (Wildman–Crippen LogP) is 4.41. The largest absolute Gasteiger partial charge is 0.497 e. The Balaban J connectivity index is 1.86. The fraction of sp³-hybridized carbons (Fsp3) is 0.346. The molecule has 2 aliphatic rings. The molecule has 9 heteroatoms. The minimum absolute atomic E-state index is 0.00312. The molecule has 2 aromatic carbocycles. The van der Waals surface area contributed by atoms with Crippen molar-refractivity contribution < 1.29 is 32.3 Å². The molecule has 1 heterocycles. The molecule has 1 N–H and O–H groups in total. The van der Waals surface area contributed by atoms with Crippen LogP contribution in [-0.2, 0) is 16.1 Å². The summed E-state index contributed by atoms with van der Waals surface area (Å²) in [5, 5.41) is 1.93. The van der Waals surface area contributed by atoms with E-state index < -0.39 is 40.3 Å². The van der Waals surface area contributed by atoms with E-state index in [4.69, 9.17) is 4.74 Å². The van der Waals surface area contributed by atoms with E-state index in [1.165, 1.54) is 31.4 Å². The fourth-order valence-corrected chi connectivity index (χ4v) is 4.77. The summed E-state index contributed by atoms with van der Waals surface area (Å²) in [5.41, 5.74) is -4.35. The number of carbonyl (C=O) groups is 3. The van der Waals surface area contributed by atoms with Gasteiger partial charge in [0.15, 0.2) is 5.78 Å². The van der Waals surface area contributed by atoms with Gasteiger partial charge in [0.1, 0.15) is 5.75 Å². The van der Waals surface area contributed by atoms with E-state index in [2.05, 4.69) is 0 Å². The summed E-state index contributed by atoms with van der Waals surface area (Å²) in [4.78, 5) is 40.9. The Kier molecular flexibility index (Phi) is 5.99. The summed E-state index contributed by atoms with van der Waals surface area (Å²) in [5.74, 6) is -3.07. The van der Waals surface area contributed by atoms with Gasteiger partial charge in [-0.05, 0) is 35.6 Å². The number of benzene rings is 2. The number of methoxy groups -OCH3 is 1. The number of rotatable bonds is 5. The summed E-state index contributed by atoms with van der Waals surface area (Å²) >= 11 is 0. The number of nitrogens with one attached hydrogen (secondary N) is 1. The molecule has 2 amide bonds. The van der Waals surface area contributed by atoms with Crippen LogP contribution in [0.4, 0.5) is 13.2 Å². The average molecular weight is 486 g/mol. The van der Waals surface area contributed by atoms with Crippen molar-refractivity contribution in [2.24, 2.45) is 5.41 Å². The van der Waals surface area contributed by atoms with Crippen molar-refractivity contribution in [2.75, 3.05) is 7.11 Å². The first-order valence-electron chi connectivity index (χ1n) is 11.1. The molecule has 184 valence electrons. The maximum absolute atomic E-state index is 14.9. The van der Waals surface area contributed by atoms with Crippen molar-refractivity contribution in [3.8, 4) is 5.75 Å². The molecule has 35 heavy (non-hydrogen) atoms. The van der Waals surface area contributed by atoms with Gasteiger partial charge in [0.05, 0.1) is 19.2 Å². The van der Waals surface area contributed by atoms with Crippen LogP contribution >= 0.6 is 0 Å². The first-order chi connectivity index (χ1) is 16.4. The van der Waals surface area contributed by atoms with Crippen LogP contribution in [0.1, 0.15) is 42.6 Å². The monoisotopic (exact) mass is 486 g/mol. The summed E-state index contributed by atoms with van der Waals surface area (Å²) in [6, 6.07) is 14.1. The minimum atomic E-state index is -5.26. The van der Waals surface area contributed by atoms with Gasteiger partial charge in [-0.15, -0.1) is 0 Å². The average Bonchev–Trinajstić information content (AvgIpc) is 3.02. The number of carbonyl (C=O) groups excluding carboxylic acids is 3. The number of nitrogens with zero attached hydrogens (tertiary/aromatic N) is 1. The Morgan fingerprint density at radius 3 is 2.37 bits per heavy atom. The fourth-order valence-electron chi connectivity index (χ4n) is 4.77. The lowest BCUT2D eigenvalue weighted by Crippen LogP contribution is -2.66. The zero-order valence-corrected chi connectivity index (χ0v) is 19.5. The molecule has 0 bridgehead atoms. The van der Waals surface area contributed by atoms with Crippen LogP contribution in [0.15, 0.2) is 65.9 Å². The Morgan fingerprint density at radius 2 is 1.74 bits per heavy atom. The molecule has 1 atom stereocenters.